The molecule has 114 valence electrons. The maximum absolute atomic E-state index is 11.7. The van der Waals surface area contributed by atoms with Crippen LogP contribution in [0, 0.1) is 0 Å². The van der Waals surface area contributed by atoms with E-state index in [0.29, 0.717) is 5.75 Å². The van der Waals surface area contributed by atoms with Gasteiger partial charge in [-0.2, -0.15) is 0 Å². The Morgan fingerprint density at radius 3 is 2.55 bits per heavy atom. The first-order valence-corrected chi connectivity index (χ1v) is 8.37. The monoisotopic (exact) mass is 320 g/mol. The van der Waals surface area contributed by atoms with Crippen LogP contribution in [-0.4, -0.2) is 44.8 Å². The Morgan fingerprint density at radius 1 is 1.40 bits per heavy atom. The number of amides is 1. The number of carboxylic acids is 1. The number of rotatable bonds is 9. The van der Waals surface area contributed by atoms with Gasteiger partial charge in [0.1, 0.15) is 6.04 Å². The predicted octanol–water partition coefficient (Wildman–Crippen LogP) is 0.432. The van der Waals surface area contributed by atoms with Crippen molar-refractivity contribution in [3.05, 3.63) is 23.0 Å². The van der Waals surface area contributed by atoms with Crippen LogP contribution in [-0.2, 0) is 20.4 Å². The lowest BCUT2D eigenvalue weighted by atomic mass is 10.3. The average molecular weight is 320 g/mol. The van der Waals surface area contributed by atoms with Crippen LogP contribution in [0.5, 0.6) is 0 Å². The van der Waals surface area contributed by atoms with Gasteiger partial charge >= 0.3 is 5.97 Å². The normalized spacial score (nSPS) is 16.1. The Kier molecular flexibility index (Phi) is 10.0. The van der Waals surface area contributed by atoms with Crippen molar-refractivity contribution in [1.82, 2.24) is 5.32 Å². The van der Waals surface area contributed by atoms with Gasteiger partial charge in [0.25, 0.3) is 0 Å². The summed E-state index contributed by atoms with van der Waals surface area (Å²) in [5.74, 6) is -1.63. The molecule has 3 atom stereocenters. The summed E-state index contributed by atoms with van der Waals surface area (Å²) in [6.07, 6.45) is 3.38. The molecular formula is C12H20N2O4S2. The Hall–Kier alpha value is -1.12. The fourth-order valence-corrected chi connectivity index (χ4v) is 2.79. The van der Waals surface area contributed by atoms with Gasteiger partial charge in [0.05, 0.1) is 11.8 Å². The van der Waals surface area contributed by atoms with E-state index in [1.165, 1.54) is 17.2 Å². The van der Waals surface area contributed by atoms with Crippen molar-refractivity contribution in [3.8, 4) is 0 Å². The summed E-state index contributed by atoms with van der Waals surface area (Å²) in [6.45, 7) is 3.52. The lowest BCUT2D eigenvalue weighted by molar-refractivity contribution is -0.141. The molecule has 0 aliphatic heterocycles. The zero-order valence-corrected chi connectivity index (χ0v) is 13.1. The van der Waals surface area contributed by atoms with E-state index >= 15 is 0 Å². The number of thioether (sulfide) groups is 1. The summed E-state index contributed by atoms with van der Waals surface area (Å²) >= 11 is 1.36. The highest BCUT2D eigenvalue weighted by Gasteiger charge is 2.24. The minimum atomic E-state index is -1.44. The number of hydrogen-bond acceptors (Lipinski definition) is 5. The first-order chi connectivity index (χ1) is 9.42. The Bertz CT molecular complexity index is 410. The van der Waals surface area contributed by atoms with Gasteiger partial charge in [0.2, 0.25) is 5.91 Å². The number of allylic oxidation sites excluding steroid dienone is 2. The van der Waals surface area contributed by atoms with E-state index in [-0.39, 0.29) is 5.75 Å². The average Bonchev–Trinajstić information content (AvgIpc) is 2.38. The number of carbonyl (C=O) groups excluding carboxylic acids is 1. The molecule has 0 fully saturated rings. The molecule has 20 heavy (non-hydrogen) atoms. The summed E-state index contributed by atoms with van der Waals surface area (Å²) < 4.78 is 11.5. The molecule has 0 aliphatic carbocycles. The van der Waals surface area contributed by atoms with Crippen LogP contribution >= 0.6 is 11.8 Å². The summed E-state index contributed by atoms with van der Waals surface area (Å²) in [5.41, 5.74) is 5.65. The molecule has 4 N–H and O–H groups in total. The van der Waals surface area contributed by atoms with Crippen LogP contribution in [0.15, 0.2) is 23.0 Å². The molecular weight excluding hydrogens is 300 g/mol. The Balaban J connectivity index is 4.47. The maximum atomic E-state index is 11.7. The van der Waals surface area contributed by atoms with Crippen LogP contribution in [0.25, 0.3) is 0 Å². The van der Waals surface area contributed by atoms with Crippen LogP contribution in [0.2, 0.25) is 0 Å². The number of carbonyl (C=O) groups is 2. The van der Waals surface area contributed by atoms with Gasteiger partial charge in [-0.15, -0.1) is 11.8 Å². The third-order valence-corrected chi connectivity index (χ3v) is 4.33. The van der Waals surface area contributed by atoms with E-state index in [2.05, 4.69) is 5.32 Å². The van der Waals surface area contributed by atoms with E-state index in [1.807, 2.05) is 13.0 Å². The highest BCUT2D eigenvalue weighted by atomic mass is 32.2. The summed E-state index contributed by atoms with van der Waals surface area (Å²) in [5, 5.41) is 14.5. The van der Waals surface area contributed by atoms with E-state index in [1.54, 1.807) is 18.4 Å². The number of nitrogens with two attached hydrogens (primary N) is 1. The molecule has 0 aliphatic rings. The molecule has 0 aromatic carbocycles. The molecule has 0 saturated heterocycles. The Morgan fingerprint density at radius 2 is 2.05 bits per heavy atom. The summed E-state index contributed by atoms with van der Waals surface area (Å²) in [7, 11) is -1.44. The van der Waals surface area contributed by atoms with Gasteiger partial charge in [-0.1, -0.05) is 12.2 Å². The topological polar surface area (TPSA) is 109 Å². The first-order valence-electron chi connectivity index (χ1n) is 5.93. The summed E-state index contributed by atoms with van der Waals surface area (Å²) in [6, 6.07) is -2.02. The zero-order valence-electron chi connectivity index (χ0n) is 11.4. The third-order valence-electron chi connectivity index (χ3n) is 2.08. The maximum Gasteiger partial charge on any atom is 0.327 e. The van der Waals surface area contributed by atoms with Crippen molar-refractivity contribution in [1.29, 1.82) is 0 Å². The minimum absolute atomic E-state index is 0.180. The molecule has 6 nitrogen and oxygen atoms in total. The summed E-state index contributed by atoms with van der Waals surface area (Å²) in [4.78, 5) is 22.8. The van der Waals surface area contributed by atoms with Crippen molar-refractivity contribution < 1.29 is 18.9 Å². The van der Waals surface area contributed by atoms with E-state index < -0.39 is 34.8 Å². The van der Waals surface area contributed by atoms with Crippen molar-refractivity contribution >= 4 is 34.4 Å². The number of carboxylic acid groups (broad SMARTS) is 1. The highest BCUT2D eigenvalue weighted by molar-refractivity contribution is 8.02. The molecule has 0 saturated carbocycles. The molecule has 0 radical (unpaired) electrons. The highest BCUT2D eigenvalue weighted by Crippen LogP contribution is 2.03. The zero-order chi connectivity index (χ0) is 15.5. The number of aliphatic carboxylic acids is 1. The molecule has 0 aromatic heterocycles. The van der Waals surface area contributed by atoms with Crippen LogP contribution in [0.3, 0.4) is 0 Å². The lowest BCUT2D eigenvalue weighted by Crippen LogP contribution is -2.51. The Labute approximate surface area is 125 Å². The fraction of sp³-hybridized carbons (Fsp3) is 0.500. The van der Waals surface area contributed by atoms with Gasteiger partial charge < -0.3 is 16.2 Å². The molecule has 0 aromatic rings. The second-order valence-electron chi connectivity index (χ2n) is 3.83. The molecule has 1 amide bonds. The molecule has 1 unspecified atom stereocenters. The number of nitrogens with one attached hydrogen (secondary N) is 1. The van der Waals surface area contributed by atoms with Crippen LogP contribution in [0.4, 0.5) is 0 Å². The van der Waals surface area contributed by atoms with Gasteiger partial charge in [0, 0.05) is 16.6 Å². The van der Waals surface area contributed by atoms with Gasteiger partial charge in [-0.3, -0.25) is 9.00 Å². The van der Waals surface area contributed by atoms with Crippen molar-refractivity contribution in [2.75, 3.05) is 11.5 Å². The van der Waals surface area contributed by atoms with Gasteiger partial charge in [-0.05, 0) is 24.7 Å². The smallest absolute Gasteiger partial charge is 0.327 e. The largest absolute Gasteiger partial charge is 0.480 e. The van der Waals surface area contributed by atoms with E-state index in [9.17, 15) is 13.8 Å². The molecule has 8 heteroatoms. The first kappa shape index (κ1) is 18.9. The predicted molar refractivity (Wildman–Crippen MR) is 82.6 cm³/mol. The molecule has 0 bridgehead atoms. The van der Waals surface area contributed by atoms with Gasteiger partial charge in [0.15, 0.2) is 0 Å². The van der Waals surface area contributed by atoms with Crippen molar-refractivity contribution in [2.45, 2.75) is 25.9 Å². The van der Waals surface area contributed by atoms with Crippen molar-refractivity contribution in [2.24, 2.45) is 5.73 Å². The van der Waals surface area contributed by atoms with Crippen LogP contribution in [0.1, 0.15) is 13.8 Å². The SMILES string of the molecule is C/C=C/SC[C@H](N)C(=O)N[C@@H](CS(=O)/C=C/C)C(=O)O. The van der Waals surface area contributed by atoms with Crippen LogP contribution < -0.4 is 11.1 Å². The molecule has 0 spiro atoms. The number of hydrogen-bond donors (Lipinski definition) is 3. The lowest BCUT2D eigenvalue weighted by Gasteiger charge is -2.16. The minimum Gasteiger partial charge on any atom is -0.480 e. The van der Waals surface area contributed by atoms with E-state index in [4.69, 9.17) is 10.8 Å². The third kappa shape index (κ3) is 8.13. The quantitative estimate of drug-likeness (QED) is 0.568. The van der Waals surface area contributed by atoms with Crippen molar-refractivity contribution in [3.63, 3.8) is 0 Å². The van der Waals surface area contributed by atoms with E-state index in [0.717, 1.165) is 0 Å². The standard InChI is InChI=1S/C12H20N2O4S2/c1-3-5-19-7-9(13)11(15)14-10(12(16)17)8-20(18)6-4-2/h3-6,9-10H,7-8,13H2,1-2H3,(H,14,15)(H,16,17)/b5-3+,6-4+/t9-,10-,20?/m0/s1. The second-order valence-corrected chi connectivity index (χ2v) is 6.13. The molecule has 0 heterocycles. The molecule has 0 rings (SSSR count). The van der Waals surface area contributed by atoms with Gasteiger partial charge in [-0.25, -0.2) is 4.79 Å². The second kappa shape index (κ2) is 10.6. The fourth-order valence-electron chi connectivity index (χ4n) is 1.16.